The van der Waals surface area contributed by atoms with Gasteiger partial charge in [0.25, 0.3) is 0 Å². The lowest BCUT2D eigenvalue weighted by Gasteiger charge is -2.40. The first-order valence-electron chi connectivity index (χ1n) is 37.9. The fraction of sp³-hybridized carbons (Fsp3) is 0.883. The molecule has 0 bridgehead atoms. The topological polar surface area (TPSA) is 149 Å². The van der Waals surface area contributed by atoms with E-state index in [-0.39, 0.29) is 12.5 Å². The van der Waals surface area contributed by atoms with E-state index in [1.54, 1.807) is 6.08 Å². The van der Waals surface area contributed by atoms with Gasteiger partial charge in [0.2, 0.25) is 5.91 Å². The lowest BCUT2D eigenvalue weighted by atomic mass is 9.99. The lowest BCUT2D eigenvalue weighted by Crippen LogP contribution is -2.60. The summed E-state index contributed by atoms with van der Waals surface area (Å²) in [5.74, 6) is -0.179. The van der Waals surface area contributed by atoms with Crippen molar-refractivity contribution in [1.82, 2.24) is 5.32 Å². The zero-order valence-electron chi connectivity index (χ0n) is 56.8. The minimum atomic E-state index is -1.57. The third kappa shape index (κ3) is 53.9. The Morgan fingerprint density at radius 2 is 0.698 bits per heavy atom. The van der Waals surface area contributed by atoms with Gasteiger partial charge in [0.1, 0.15) is 24.4 Å². The molecule has 6 N–H and O–H groups in total. The molecule has 0 radical (unpaired) electrons. The highest BCUT2D eigenvalue weighted by Crippen LogP contribution is 2.24. The molecule has 0 spiro atoms. The van der Waals surface area contributed by atoms with E-state index in [0.717, 1.165) is 44.9 Å². The van der Waals surface area contributed by atoms with Crippen LogP contribution in [0.3, 0.4) is 0 Å². The molecule has 7 unspecified atom stereocenters. The molecule has 7 atom stereocenters. The second kappa shape index (κ2) is 66.1. The number of amides is 1. The van der Waals surface area contributed by atoms with Crippen LogP contribution in [-0.4, -0.2) is 87.5 Å². The van der Waals surface area contributed by atoms with Crippen molar-refractivity contribution in [2.75, 3.05) is 13.2 Å². The fourth-order valence-corrected chi connectivity index (χ4v) is 12.2. The molecule has 0 saturated carbocycles. The number of ether oxygens (including phenoxy) is 2. The average molecular weight is 1210 g/mol. The lowest BCUT2D eigenvalue weighted by molar-refractivity contribution is -0.302. The number of aliphatic hydroxyl groups is 5. The quantitative estimate of drug-likeness (QED) is 0.0261. The van der Waals surface area contributed by atoms with Crippen molar-refractivity contribution in [3.8, 4) is 0 Å². The number of hydrogen-bond acceptors (Lipinski definition) is 8. The van der Waals surface area contributed by atoms with Gasteiger partial charge >= 0.3 is 0 Å². The van der Waals surface area contributed by atoms with E-state index < -0.39 is 49.5 Å². The molecule has 9 nitrogen and oxygen atoms in total. The van der Waals surface area contributed by atoms with Crippen LogP contribution in [0.2, 0.25) is 0 Å². The first kappa shape index (κ1) is 82.2. The summed E-state index contributed by atoms with van der Waals surface area (Å²) in [7, 11) is 0. The maximum atomic E-state index is 13.1. The molecule has 506 valence electrons. The highest BCUT2D eigenvalue weighted by molar-refractivity contribution is 5.76. The summed E-state index contributed by atoms with van der Waals surface area (Å²) in [5, 5.41) is 54.8. The van der Waals surface area contributed by atoms with E-state index in [2.05, 4.69) is 55.6 Å². The molecule has 1 heterocycles. The zero-order valence-corrected chi connectivity index (χ0v) is 56.8. The maximum absolute atomic E-state index is 13.1. The number of unbranched alkanes of at least 4 members (excludes halogenated alkanes) is 51. The number of allylic oxidation sites excluding steroid dienone is 7. The largest absolute Gasteiger partial charge is 0.394 e. The van der Waals surface area contributed by atoms with E-state index in [1.807, 2.05) is 6.08 Å². The van der Waals surface area contributed by atoms with Gasteiger partial charge in [-0.2, -0.15) is 0 Å². The van der Waals surface area contributed by atoms with Crippen molar-refractivity contribution in [3.05, 3.63) is 48.6 Å². The Morgan fingerprint density at radius 1 is 0.395 bits per heavy atom. The van der Waals surface area contributed by atoms with Crippen molar-refractivity contribution in [3.63, 3.8) is 0 Å². The highest BCUT2D eigenvalue weighted by atomic mass is 16.7. The van der Waals surface area contributed by atoms with Crippen LogP contribution in [0.25, 0.3) is 0 Å². The molecule has 1 aliphatic rings. The van der Waals surface area contributed by atoms with Gasteiger partial charge in [0.05, 0.1) is 25.4 Å². The van der Waals surface area contributed by atoms with Crippen LogP contribution in [0.4, 0.5) is 0 Å². The molecule has 1 saturated heterocycles. The van der Waals surface area contributed by atoms with Gasteiger partial charge in [-0.25, -0.2) is 0 Å². The normalized spacial score (nSPS) is 18.2. The summed E-state index contributed by atoms with van der Waals surface area (Å²) in [6, 6.07) is -0.823. The fourth-order valence-electron chi connectivity index (χ4n) is 12.2. The summed E-state index contributed by atoms with van der Waals surface area (Å²) in [4.78, 5) is 13.1. The molecule has 1 amide bonds. The molecule has 1 fully saturated rings. The van der Waals surface area contributed by atoms with Gasteiger partial charge in [-0.15, -0.1) is 0 Å². The summed E-state index contributed by atoms with van der Waals surface area (Å²) in [6.07, 6.45) is 83.9. The Bertz CT molecular complexity index is 1500. The Labute approximate surface area is 533 Å². The maximum Gasteiger partial charge on any atom is 0.220 e. The number of rotatable bonds is 67. The van der Waals surface area contributed by atoms with Gasteiger partial charge in [-0.1, -0.05) is 358 Å². The van der Waals surface area contributed by atoms with Crippen LogP contribution in [0.15, 0.2) is 48.6 Å². The predicted octanol–water partition coefficient (Wildman–Crippen LogP) is 21.1. The second-order valence-corrected chi connectivity index (χ2v) is 26.4. The number of nitrogens with one attached hydrogen (secondary N) is 1. The smallest absolute Gasteiger partial charge is 0.220 e. The van der Waals surface area contributed by atoms with Crippen LogP contribution >= 0.6 is 0 Å². The van der Waals surface area contributed by atoms with E-state index >= 15 is 0 Å². The minimum Gasteiger partial charge on any atom is -0.394 e. The number of aliphatic hydroxyl groups excluding tert-OH is 5. The predicted molar refractivity (Wildman–Crippen MR) is 369 cm³/mol. The monoisotopic (exact) mass is 1210 g/mol. The van der Waals surface area contributed by atoms with Crippen LogP contribution in [0.1, 0.15) is 380 Å². The van der Waals surface area contributed by atoms with Gasteiger partial charge in [-0.05, 0) is 64.2 Å². The van der Waals surface area contributed by atoms with Crippen LogP contribution in [-0.2, 0) is 14.3 Å². The number of carbonyl (C=O) groups is 1. The number of hydrogen-bond donors (Lipinski definition) is 6. The van der Waals surface area contributed by atoms with Gasteiger partial charge in [0.15, 0.2) is 6.29 Å². The van der Waals surface area contributed by atoms with E-state index in [4.69, 9.17) is 9.47 Å². The Hall–Kier alpha value is -1.85. The SMILES string of the molecule is CCCCCCC/C=C\C/C=C\CCCCCCCCCCCCCCCCCCCCCCCCCC(=O)NC(COC1OC(CO)C(O)C(O)C1O)C(O)/C=C/CC/C=C/CCCCCCCCCCCCCCCCCCCCCCCC. The van der Waals surface area contributed by atoms with Crippen molar-refractivity contribution in [2.45, 2.75) is 423 Å². The van der Waals surface area contributed by atoms with Gasteiger partial charge in [-0.3, -0.25) is 4.79 Å². The van der Waals surface area contributed by atoms with E-state index in [0.29, 0.717) is 6.42 Å². The Balaban J connectivity index is 2.10. The van der Waals surface area contributed by atoms with E-state index in [9.17, 15) is 30.3 Å². The third-order valence-corrected chi connectivity index (χ3v) is 18.1. The number of carbonyl (C=O) groups excluding carboxylic acids is 1. The van der Waals surface area contributed by atoms with Crippen LogP contribution < -0.4 is 5.32 Å². The molecule has 0 aromatic heterocycles. The van der Waals surface area contributed by atoms with Crippen LogP contribution in [0.5, 0.6) is 0 Å². The first-order chi connectivity index (χ1) is 42.3. The Kier molecular flexibility index (Phi) is 63.1. The molecular weight excluding hydrogens is 1070 g/mol. The van der Waals surface area contributed by atoms with Crippen molar-refractivity contribution in [2.24, 2.45) is 0 Å². The minimum absolute atomic E-state index is 0.179. The van der Waals surface area contributed by atoms with Gasteiger partial charge < -0.3 is 40.3 Å². The summed E-state index contributed by atoms with van der Waals surface area (Å²) in [6.45, 7) is 3.81. The molecule has 9 heteroatoms. The van der Waals surface area contributed by atoms with Crippen molar-refractivity contribution < 1.29 is 39.8 Å². The third-order valence-electron chi connectivity index (χ3n) is 18.1. The molecular formula is C77H145NO8. The van der Waals surface area contributed by atoms with Crippen molar-refractivity contribution in [1.29, 1.82) is 0 Å². The van der Waals surface area contributed by atoms with Crippen molar-refractivity contribution >= 4 is 5.91 Å². The standard InChI is InChI=1S/C77H145NO8/c1-3-5-7-9-11-13-15-17-19-21-23-25-27-29-31-33-34-35-36-37-38-39-41-43-45-47-49-51-53-55-57-59-61-63-65-67-73(81)78-70(69-85-77-76(84)75(83)74(82)72(68-79)86-77)71(80)66-64-62-60-58-56-54-52-50-48-46-44-42-40-32-30-28-26-24-22-20-18-16-14-12-10-8-6-4-2/h15,17,21,23,56,58,64,66,70-72,74-77,79-80,82-84H,3-14,16,18-20,22,24-55,57,59-63,65,67-69H2,1-2H3,(H,78,81)/b17-15-,23-21-,58-56+,66-64+. The van der Waals surface area contributed by atoms with Gasteiger partial charge in [0, 0.05) is 6.42 Å². The van der Waals surface area contributed by atoms with E-state index in [1.165, 1.54) is 315 Å². The summed E-state index contributed by atoms with van der Waals surface area (Å²) < 4.78 is 11.3. The Morgan fingerprint density at radius 3 is 1.05 bits per heavy atom. The second-order valence-electron chi connectivity index (χ2n) is 26.4. The molecule has 0 aliphatic carbocycles. The molecule has 0 aromatic rings. The molecule has 86 heavy (non-hydrogen) atoms. The summed E-state index contributed by atoms with van der Waals surface area (Å²) in [5.41, 5.74) is 0. The first-order valence-corrected chi connectivity index (χ1v) is 37.9. The van der Waals surface area contributed by atoms with Crippen LogP contribution in [0, 0.1) is 0 Å². The highest BCUT2D eigenvalue weighted by Gasteiger charge is 2.44. The zero-order chi connectivity index (χ0) is 62.1. The average Bonchev–Trinajstić information content (AvgIpc) is 3.65. The molecule has 1 rings (SSSR count). The summed E-state index contributed by atoms with van der Waals surface area (Å²) >= 11 is 0. The molecule has 1 aliphatic heterocycles. The molecule has 0 aromatic carbocycles.